The standard InChI is InChI=1S/C10H6O6.Na.H/c11-6-3-5(10(14)15)4-1-2-7(12)16-9(4)8(6)13;;/h1-3,11,13H,(H,14,15);;. The van der Waals surface area contributed by atoms with E-state index in [1.165, 1.54) is 6.07 Å². The first-order chi connectivity index (χ1) is 7.50. The molecule has 0 unspecified atom stereocenters. The van der Waals surface area contributed by atoms with Gasteiger partial charge in [-0.25, -0.2) is 9.59 Å². The predicted molar refractivity (Wildman–Crippen MR) is 59.9 cm³/mol. The number of carboxylic acid groups (broad SMARTS) is 1. The van der Waals surface area contributed by atoms with Crippen LogP contribution in [0.5, 0.6) is 11.5 Å². The summed E-state index contributed by atoms with van der Waals surface area (Å²) in [6.07, 6.45) is 0. The number of hydrogen-bond acceptors (Lipinski definition) is 5. The normalized spacial score (nSPS) is 9.88. The molecule has 0 aliphatic heterocycles. The first-order valence-electron chi connectivity index (χ1n) is 4.23. The molecule has 0 saturated carbocycles. The van der Waals surface area contributed by atoms with Gasteiger partial charge in [-0.05, 0) is 12.1 Å². The molecule has 0 aliphatic rings. The summed E-state index contributed by atoms with van der Waals surface area (Å²) in [7, 11) is 0. The van der Waals surface area contributed by atoms with Gasteiger partial charge in [-0.1, -0.05) is 0 Å². The number of carboxylic acids is 1. The number of rotatable bonds is 1. The molecule has 0 bridgehead atoms. The van der Waals surface area contributed by atoms with Gasteiger partial charge in [-0.2, -0.15) is 0 Å². The zero-order valence-corrected chi connectivity index (χ0v) is 7.80. The van der Waals surface area contributed by atoms with E-state index < -0.39 is 23.1 Å². The molecule has 84 valence electrons. The van der Waals surface area contributed by atoms with Crippen LogP contribution in [0.3, 0.4) is 0 Å². The van der Waals surface area contributed by atoms with Gasteiger partial charge in [0, 0.05) is 11.5 Å². The van der Waals surface area contributed by atoms with Crippen molar-refractivity contribution in [3.05, 3.63) is 34.2 Å². The number of aromatic carboxylic acids is 1. The van der Waals surface area contributed by atoms with Gasteiger partial charge in [0.25, 0.3) is 0 Å². The van der Waals surface area contributed by atoms with E-state index in [-0.39, 0.29) is 46.1 Å². The average molecular weight is 246 g/mol. The van der Waals surface area contributed by atoms with Gasteiger partial charge >= 0.3 is 41.2 Å². The summed E-state index contributed by atoms with van der Waals surface area (Å²) in [6.45, 7) is 0. The Kier molecular flexibility index (Phi) is 3.82. The second-order valence-corrected chi connectivity index (χ2v) is 3.09. The summed E-state index contributed by atoms with van der Waals surface area (Å²) in [5.41, 5.74) is -1.34. The number of fused-ring (bicyclic) bond motifs is 1. The van der Waals surface area contributed by atoms with E-state index in [9.17, 15) is 19.8 Å². The van der Waals surface area contributed by atoms with Crippen LogP contribution in [-0.2, 0) is 0 Å². The molecule has 0 aliphatic carbocycles. The van der Waals surface area contributed by atoms with E-state index in [2.05, 4.69) is 4.42 Å². The number of hydrogen-bond donors (Lipinski definition) is 3. The predicted octanol–water partition coefficient (Wildman–Crippen LogP) is 0.254. The Morgan fingerprint density at radius 3 is 2.47 bits per heavy atom. The minimum absolute atomic E-state index is 0. The fraction of sp³-hybridized carbons (Fsp3) is 0. The number of phenols is 2. The van der Waals surface area contributed by atoms with Crippen molar-refractivity contribution in [2.75, 3.05) is 0 Å². The van der Waals surface area contributed by atoms with E-state index in [0.717, 1.165) is 12.1 Å². The molecule has 3 N–H and O–H groups in total. The molecule has 0 fully saturated rings. The molecule has 0 saturated heterocycles. The molecular weight excluding hydrogens is 239 g/mol. The molecule has 0 atom stereocenters. The Balaban J connectivity index is 0.00000144. The van der Waals surface area contributed by atoms with Gasteiger partial charge in [0.05, 0.1) is 5.56 Å². The maximum atomic E-state index is 10.9. The fourth-order valence-electron chi connectivity index (χ4n) is 1.38. The Morgan fingerprint density at radius 2 is 1.88 bits per heavy atom. The van der Waals surface area contributed by atoms with Crippen LogP contribution in [-0.4, -0.2) is 50.8 Å². The SMILES string of the molecule is O=C(O)c1cc(O)c(O)c2oc(=O)ccc12.[NaH]. The van der Waals surface area contributed by atoms with Crippen LogP contribution in [0.15, 0.2) is 27.4 Å². The molecule has 0 amide bonds. The summed E-state index contributed by atoms with van der Waals surface area (Å²) in [4.78, 5) is 21.8. The third-order valence-electron chi connectivity index (χ3n) is 2.09. The Morgan fingerprint density at radius 1 is 1.24 bits per heavy atom. The molecule has 1 aromatic heterocycles. The summed E-state index contributed by atoms with van der Waals surface area (Å²) >= 11 is 0. The molecule has 6 nitrogen and oxygen atoms in total. The van der Waals surface area contributed by atoms with Crippen LogP contribution in [0.4, 0.5) is 0 Å². The minimum atomic E-state index is -1.30. The van der Waals surface area contributed by atoms with Crippen LogP contribution >= 0.6 is 0 Å². The van der Waals surface area contributed by atoms with Gasteiger partial charge in [0.1, 0.15) is 0 Å². The monoisotopic (exact) mass is 246 g/mol. The first-order valence-corrected chi connectivity index (χ1v) is 4.23. The third kappa shape index (κ3) is 2.28. The van der Waals surface area contributed by atoms with Crippen molar-refractivity contribution in [1.82, 2.24) is 0 Å². The second-order valence-electron chi connectivity index (χ2n) is 3.09. The zero-order chi connectivity index (χ0) is 11.9. The van der Waals surface area contributed by atoms with Crippen LogP contribution in [0.1, 0.15) is 10.4 Å². The molecule has 2 aromatic rings. The molecule has 0 radical (unpaired) electrons. The first kappa shape index (κ1) is 13.6. The van der Waals surface area contributed by atoms with Crippen molar-refractivity contribution in [3.8, 4) is 11.5 Å². The van der Waals surface area contributed by atoms with Crippen molar-refractivity contribution >= 4 is 46.5 Å². The summed E-state index contributed by atoms with van der Waals surface area (Å²) in [5, 5.41) is 27.6. The van der Waals surface area contributed by atoms with E-state index in [1.807, 2.05) is 0 Å². The maximum absolute atomic E-state index is 10.9. The number of phenolic OH excluding ortho intramolecular Hbond substituents is 2. The molecule has 17 heavy (non-hydrogen) atoms. The van der Waals surface area contributed by atoms with E-state index >= 15 is 0 Å². The van der Waals surface area contributed by atoms with Crippen LogP contribution in [0, 0.1) is 0 Å². The van der Waals surface area contributed by atoms with Gasteiger partial charge in [0.2, 0.25) is 5.75 Å². The fourth-order valence-corrected chi connectivity index (χ4v) is 1.38. The topological polar surface area (TPSA) is 108 Å². The number of benzene rings is 1. The van der Waals surface area contributed by atoms with Crippen LogP contribution in [0.25, 0.3) is 11.0 Å². The summed E-state index contributed by atoms with van der Waals surface area (Å²) in [5.74, 6) is -2.61. The third-order valence-corrected chi connectivity index (χ3v) is 2.09. The molecule has 0 spiro atoms. The van der Waals surface area contributed by atoms with Crippen molar-refractivity contribution in [2.24, 2.45) is 0 Å². The summed E-state index contributed by atoms with van der Waals surface area (Å²) in [6, 6.07) is 3.13. The molecule has 7 heteroatoms. The Hall–Kier alpha value is -1.50. The van der Waals surface area contributed by atoms with Crippen molar-refractivity contribution in [2.45, 2.75) is 0 Å². The van der Waals surface area contributed by atoms with Gasteiger partial charge < -0.3 is 19.7 Å². The van der Waals surface area contributed by atoms with Crippen molar-refractivity contribution in [1.29, 1.82) is 0 Å². The molecule has 1 aromatic carbocycles. The van der Waals surface area contributed by atoms with Gasteiger partial charge in [-0.3, -0.25) is 0 Å². The summed E-state index contributed by atoms with van der Waals surface area (Å²) < 4.78 is 4.64. The van der Waals surface area contributed by atoms with Gasteiger partial charge in [-0.15, -0.1) is 0 Å². The van der Waals surface area contributed by atoms with E-state index in [1.54, 1.807) is 0 Å². The zero-order valence-electron chi connectivity index (χ0n) is 7.80. The average Bonchev–Trinajstić information content (AvgIpc) is 2.23. The molecule has 2 rings (SSSR count). The molecular formula is C10H7NaO6. The van der Waals surface area contributed by atoms with E-state index in [4.69, 9.17) is 5.11 Å². The quantitative estimate of drug-likeness (QED) is 0.378. The second kappa shape index (κ2) is 4.79. The van der Waals surface area contributed by atoms with Crippen LogP contribution in [0.2, 0.25) is 0 Å². The van der Waals surface area contributed by atoms with Crippen molar-refractivity contribution in [3.63, 3.8) is 0 Å². The van der Waals surface area contributed by atoms with Crippen LogP contribution < -0.4 is 5.63 Å². The Bertz CT molecular complexity index is 645. The van der Waals surface area contributed by atoms with Crippen molar-refractivity contribution < 1.29 is 24.5 Å². The number of aromatic hydroxyl groups is 2. The number of carbonyl (C=O) groups is 1. The van der Waals surface area contributed by atoms with E-state index in [0.29, 0.717) is 0 Å². The Labute approximate surface area is 116 Å². The molecule has 1 heterocycles. The van der Waals surface area contributed by atoms with Gasteiger partial charge in [0.15, 0.2) is 11.3 Å².